The zero-order valence-corrected chi connectivity index (χ0v) is 9.81. The maximum Gasteiger partial charge on any atom is 0.152 e. The Hall–Kier alpha value is -0.410. The summed E-state index contributed by atoms with van der Waals surface area (Å²) in [6.45, 7) is 8.52. The smallest absolute Gasteiger partial charge is 0.152 e. The summed E-state index contributed by atoms with van der Waals surface area (Å²) in [5, 5.41) is 2.90. The van der Waals surface area contributed by atoms with Crippen LogP contribution in [0.4, 0.5) is 0 Å². The van der Waals surface area contributed by atoms with E-state index in [-0.39, 0.29) is 22.9 Å². The fraction of sp³-hybridized carbons (Fsp3) is 0.909. The SMILES string of the molecule is CNCC(=O)C1CC(C)(C)OC1(C)C. The van der Waals surface area contributed by atoms with E-state index in [4.69, 9.17) is 4.74 Å². The third-order valence-electron chi connectivity index (χ3n) is 2.81. The molecule has 0 spiro atoms. The summed E-state index contributed by atoms with van der Waals surface area (Å²) >= 11 is 0. The highest BCUT2D eigenvalue weighted by Crippen LogP contribution is 2.42. The molecule has 1 atom stereocenters. The number of rotatable bonds is 3. The highest BCUT2D eigenvalue weighted by atomic mass is 16.5. The molecular weight excluding hydrogens is 178 g/mol. The van der Waals surface area contributed by atoms with Crippen molar-refractivity contribution in [2.45, 2.75) is 45.3 Å². The van der Waals surface area contributed by atoms with Crippen LogP contribution < -0.4 is 5.32 Å². The summed E-state index contributed by atoms with van der Waals surface area (Å²) in [6.07, 6.45) is 0.820. The van der Waals surface area contributed by atoms with Gasteiger partial charge in [-0.25, -0.2) is 0 Å². The summed E-state index contributed by atoms with van der Waals surface area (Å²) in [7, 11) is 1.80. The number of ketones is 1. The van der Waals surface area contributed by atoms with E-state index in [9.17, 15) is 4.79 Å². The molecule has 1 rings (SSSR count). The number of carbonyl (C=O) groups is 1. The van der Waals surface area contributed by atoms with Gasteiger partial charge in [0.15, 0.2) is 5.78 Å². The Morgan fingerprint density at radius 1 is 1.43 bits per heavy atom. The molecule has 3 heteroatoms. The van der Waals surface area contributed by atoms with E-state index in [1.165, 1.54) is 0 Å². The molecule has 0 aliphatic carbocycles. The molecule has 0 bridgehead atoms. The molecule has 1 unspecified atom stereocenters. The number of hydrogen-bond acceptors (Lipinski definition) is 3. The normalized spacial score (nSPS) is 29.1. The number of Topliss-reactive ketones (excluding diaryl/α,β-unsaturated/α-hetero) is 1. The van der Waals surface area contributed by atoms with Gasteiger partial charge in [-0.2, -0.15) is 0 Å². The summed E-state index contributed by atoms with van der Waals surface area (Å²) in [5.74, 6) is 0.271. The molecule has 1 aliphatic heterocycles. The van der Waals surface area contributed by atoms with Crippen molar-refractivity contribution in [3.8, 4) is 0 Å². The zero-order chi connectivity index (χ0) is 11.0. The lowest BCUT2D eigenvalue weighted by atomic mass is 9.84. The van der Waals surface area contributed by atoms with Crippen molar-refractivity contribution in [1.29, 1.82) is 0 Å². The van der Waals surface area contributed by atoms with Crippen LogP contribution in [0.15, 0.2) is 0 Å². The van der Waals surface area contributed by atoms with Gasteiger partial charge in [0.2, 0.25) is 0 Å². The predicted molar refractivity (Wildman–Crippen MR) is 56.3 cm³/mol. The van der Waals surface area contributed by atoms with Crippen LogP contribution in [0.3, 0.4) is 0 Å². The maximum absolute atomic E-state index is 11.8. The van der Waals surface area contributed by atoms with Crippen molar-refractivity contribution < 1.29 is 9.53 Å². The van der Waals surface area contributed by atoms with Crippen LogP contribution >= 0.6 is 0 Å². The average molecular weight is 199 g/mol. The molecule has 0 saturated carbocycles. The Labute approximate surface area is 86.2 Å². The van der Waals surface area contributed by atoms with Gasteiger partial charge in [-0.15, -0.1) is 0 Å². The molecule has 0 aromatic heterocycles. The molecule has 14 heavy (non-hydrogen) atoms. The van der Waals surface area contributed by atoms with Gasteiger partial charge in [-0.05, 0) is 41.2 Å². The molecule has 1 saturated heterocycles. The summed E-state index contributed by atoms with van der Waals surface area (Å²) in [6, 6.07) is 0. The highest BCUT2D eigenvalue weighted by molar-refractivity contribution is 5.84. The first-order valence-corrected chi connectivity index (χ1v) is 5.16. The molecule has 0 aromatic rings. The monoisotopic (exact) mass is 199 g/mol. The summed E-state index contributed by atoms with van der Waals surface area (Å²) in [4.78, 5) is 11.8. The molecule has 0 amide bonds. The minimum atomic E-state index is -0.322. The van der Waals surface area contributed by atoms with Gasteiger partial charge in [0.25, 0.3) is 0 Å². The molecule has 82 valence electrons. The summed E-state index contributed by atoms with van der Waals surface area (Å²) in [5.41, 5.74) is -0.491. The topological polar surface area (TPSA) is 38.3 Å². The van der Waals surface area contributed by atoms with Crippen molar-refractivity contribution in [1.82, 2.24) is 5.32 Å². The first-order chi connectivity index (χ1) is 6.28. The lowest BCUT2D eigenvalue weighted by Gasteiger charge is -2.26. The van der Waals surface area contributed by atoms with E-state index in [2.05, 4.69) is 5.32 Å². The fourth-order valence-corrected chi connectivity index (χ4v) is 2.36. The number of ether oxygens (including phenoxy) is 1. The van der Waals surface area contributed by atoms with Gasteiger partial charge in [0, 0.05) is 0 Å². The van der Waals surface area contributed by atoms with Crippen LogP contribution in [0.2, 0.25) is 0 Å². The molecule has 0 aromatic carbocycles. The third-order valence-corrected chi connectivity index (χ3v) is 2.81. The number of nitrogens with one attached hydrogen (secondary N) is 1. The minimum absolute atomic E-state index is 0.0185. The second-order valence-corrected chi connectivity index (χ2v) is 5.22. The Morgan fingerprint density at radius 2 is 2.00 bits per heavy atom. The van der Waals surface area contributed by atoms with Crippen molar-refractivity contribution in [2.24, 2.45) is 5.92 Å². The number of hydrogen-bond donors (Lipinski definition) is 1. The van der Waals surface area contributed by atoms with Crippen LogP contribution in [0.1, 0.15) is 34.1 Å². The molecular formula is C11H21NO2. The van der Waals surface area contributed by atoms with Gasteiger partial charge >= 0.3 is 0 Å². The highest BCUT2D eigenvalue weighted by Gasteiger charge is 2.48. The van der Waals surface area contributed by atoms with E-state index < -0.39 is 0 Å². The Kier molecular flexibility index (Phi) is 3.02. The van der Waals surface area contributed by atoms with Crippen molar-refractivity contribution in [3.05, 3.63) is 0 Å². The largest absolute Gasteiger partial charge is 0.369 e. The van der Waals surface area contributed by atoms with Crippen molar-refractivity contribution in [2.75, 3.05) is 13.6 Å². The van der Waals surface area contributed by atoms with Gasteiger partial charge in [-0.1, -0.05) is 0 Å². The van der Waals surface area contributed by atoms with Crippen LogP contribution in [0.25, 0.3) is 0 Å². The molecule has 1 aliphatic rings. The predicted octanol–water partition coefficient (Wildman–Crippen LogP) is 1.37. The quantitative estimate of drug-likeness (QED) is 0.746. The van der Waals surface area contributed by atoms with E-state index in [1.54, 1.807) is 7.05 Å². The first kappa shape index (κ1) is 11.7. The molecule has 1 heterocycles. The summed E-state index contributed by atoms with van der Waals surface area (Å²) < 4.78 is 5.87. The molecule has 1 fully saturated rings. The van der Waals surface area contributed by atoms with Crippen LogP contribution in [-0.2, 0) is 9.53 Å². The lowest BCUT2D eigenvalue weighted by Crippen LogP contribution is -2.37. The van der Waals surface area contributed by atoms with Crippen LogP contribution in [0, 0.1) is 5.92 Å². The number of carbonyl (C=O) groups excluding carboxylic acids is 1. The lowest BCUT2D eigenvalue weighted by molar-refractivity contribution is -0.128. The fourth-order valence-electron chi connectivity index (χ4n) is 2.36. The Balaban J connectivity index is 2.75. The molecule has 1 N–H and O–H groups in total. The minimum Gasteiger partial charge on any atom is -0.369 e. The molecule has 0 radical (unpaired) electrons. The Bertz CT molecular complexity index is 233. The second kappa shape index (κ2) is 3.63. The zero-order valence-electron chi connectivity index (χ0n) is 9.81. The van der Waals surface area contributed by atoms with E-state index in [1.807, 2.05) is 27.7 Å². The second-order valence-electron chi connectivity index (χ2n) is 5.22. The van der Waals surface area contributed by atoms with Crippen molar-refractivity contribution >= 4 is 5.78 Å². The first-order valence-electron chi connectivity index (χ1n) is 5.16. The maximum atomic E-state index is 11.8. The van der Waals surface area contributed by atoms with Gasteiger partial charge < -0.3 is 10.1 Å². The van der Waals surface area contributed by atoms with E-state index in [0.717, 1.165) is 6.42 Å². The molecule has 3 nitrogen and oxygen atoms in total. The average Bonchev–Trinajstić information content (AvgIpc) is 2.19. The van der Waals surface area contributed by atoms with Gasteiger partial charge in [0.1, 0.15) is 0 Å². The van der Waals surface area contributed by atoms with Crippen molar-refractivity contribution in [3.63, 3.8) is 0 Å². The third kappa shape index (κ3) is 2.34. The van der Waals surface area contributed by atoms with Crippen LogP contribution in [-0.4, -0.2) is 30.6 Å². The van der Waals surface area contributed by atoms with Crippen LogP contribution in [0.5, 0.6) is 0 Å². The Morgan fingerprint density at radius 3 is 2.36 bits per heavy atom. The van der Waals surface area contributed by atoms with E-state index in [0.29, 0.717) is 6.54 Å². The number of likely N-dealkylation sites (N-methyl/N-ethyl adjacent to an activating group) is 1. The van der Waals surface area contributed by atoms with Gasteiger partial charge in [-0.3, -0.25) is 4.79 Å². The van der Waals surface area contributed by atoms with E-state index >= 15 is 0 Å². The van der Waals surface area contributed by atoms with Gasteiger partial charge in [0.05, 0.1) is 23.7 Å². The standard InChI is InChI=1S/C11H21NO2/c1-10(2)6-8(9(13)7-12-5)11(3,4)14-10/h8,12H,6-7H2,1-5H3.